The van der Waals surface area contributed by atoms with Crippen LogP contribution in [-0.4, -0.2) is 9.55 Å². The lowest BCUT2D eigenvalue weighted by Crippen LogP contribution is -2.15. The van der Waals surface area contributed by atoms with Crippen LogP contribution in [0.15, 0.2) is 36.7 Å². The van der Waals surface area contributed by atoms with Gasteiger partial charge in [0, 0.05) is 18.9 Å². The molecule has 0 fully saturated rings. The molecule has 0 bridgehead atoms. The molecular formula is C16H22N2. The van der Waals surface area contributed by atoms with Crippen molar-refractivity contribution in [2.45, 2.75) is 46.1 Å². The van der Waals surface area contributed by atoms with E-state index in [4.69, 9.17) is 0 Å². The van der Waals surface area contributed by atoms with Gasteiger partial charge in [0.15, 0.2) is 0 Å². The fraction of sp³-hybridized carbons (Fsp3) is 0.438. The third kappa shape index (κ3) is 2.63. The topological polar surface area (TPSA) is 17.8 Å². The lowest BCUT2D eigenvalue weighted by molar-refractivity contribution is 0.506. The summed E-state index contributed by atoms with van der Waals surface area (Å²) in [5.41, 5.74) is 3.01. The molecule has 0 radical (unpaired) electrons. The van der Waals surface area contributed by atoms with Crippen LogP contribution in [0.1, 0.15) is 44.1 Å². The number of aromatic nitrogens is 2. The lowest BCUT2D eigenvalue weighted by atomic mass is 9.82. The largest absolute Gasteiger partial charge is 0.331 e. The van der Waals surface area contributed by atoms with Crippen LogP contribution < -0.4 is 0 Å². The zero-order valence-corrected chi connectivity index (χ0v) is 11.8. The number of hydrogen-bond donors (Lipinski definition) is 0. The van der Waals surface area contributed by atoms with Gasteiger partial charge in [-0.25, -0.2) is 4.98 Å². The zero-order valence-electron chi connectivity index (χ0n) is 11.8. The van der Waals surface area contributed by atoms with Crippen molar-refractivity contribution < 1.29 is 0 Å². The molecule has 0 spiro atoms. The van der Waals surface area contributed by atoms with Crippen molar-refractivity contribution in [3.8, 4) is 0 Å². The van der Waals surface area contributed by atoms with Crippen molar-refractivity contribution in [1.82, 2.24) is 9.55 Å². The van der Waals surface area contributed by atoms with Crippen molar-refractivity contribution in [3.63, 3.8) is 0 Å². The van der Waals surface area contributed by atoms with E-state index < -0.39 is 0 Å². The zero-order chi connectivity index (χ0) is 13.2. The maximum Gasteiger partial charge on any atom is 0.105 e. The van der Waals surface area contributed by atoms with Gasteiger partial charge in [-0.05, 0) is 29.9 Å². The van der Waals surface area contributed by atoms with Crippen molar-refractivity contribution >= 4 is 0 Å². The quantitative estimate of drug-likeness (QED) is 0.794. The number of aryl methyl sites for hydroxylation is 1. The fourth-order valence-electron chi connectivity index (χ4n) is 2.03. The average Bonchev–Trinajstić information content (AvgIpc) is 2.76. The number of rotatable bonds is 4. The molecule has 0 unspecified atom stereocenters. The van der Waals surface area contributed by atoms with Gasteiger partial charge in [-0.1, -0.05) is 45.0 Å². The number of imidazole rings is 1. The van der Waals surface area contributed by atoms with E-state index in [1.165, 1.54) is 11.1 Å². The van der Waals surface area contributed by atoms with E-state index in [0.29, 0.717) is 0 Å². The second kappa shape index (κ2) is 4.97. The van der Waals surface area contributed by atoms with Crippen LogP contribution in [0.5, 0.6) is 0 Å². The van der Waals surface area contributed by atoms with Crippen LogP contribution in [0.3, 0.4) is 0 Å². The minimum atomic E-state index is 0.267. The first-order valence-corrected chi connectivity index (χ1v) is 6.60. The molecule has 0 aliphatic carbocycles. The Kier molecular flexibility index (Phi) is 3.55. The van der Waals surface area contributed by atoms with Crippen molar-refractivity contribution in [2.75, 3.05) is 0 Å². The van der Waals surface area contributed by atoms with E-state index >= 15 is 0 Å². The van der Waals surface area contributed by atoms with Gasteiger partial charge in [-0.3, -0.25) is 0 Å². The molecule has 0 atom stereocenters. The van der Waals surface area contributed by atoms with Crippen LogP contribution >= 0.6 is 0 Å². The summed E-state index contributed by atoms with van der Waals surface area (Å²) in [5, 5.41) is 0. The molecule has 2 nitrogen and oxygen atoms in total. The molecule has 18 heavy (non-hydrogen) atoms. The first-order valence-electron chi connectivity index (χ1n) is 6.60. The summed E-state index contributed by atoms with van der Waals surface area (Å²) in [7, 11) is 0. The van der Waals surface area contributed by atoms with Gasteiger partial charge in [0.25, 0.3) is 0 Å². The van der Waals surface area contributed by atoms with Gasteiger partial charge < -0.3 is 4.57 Å². The van der Waals surface area contributed by atoms with Crippen molar-refractivity contribution in [1.29, 1.82) is 0 Å². The molecule has 1 heterocycles. The maximum absolute atomic E-state index is 4.25. The highest BCUT2D eigenvalue weighted by atomic mass is 15.0. The smallest absolute Gasteiger partial charge is 0.105 e. The minimum Gasteiger partial charge on any atom is -0.331 e. The standard InChI is InChI=1S/C16H22N2/c1-5-16(3,4)15-8-6-14(7-9-15)12-18-11-10-17-13(18)2/h6-11H,5,12H2,1-4H3. The normalized spacial score (nSPS) is 11.8. The highest BCUT2D eigenvalue weighted by Gasteiger charge is 2.17. The van der Waals surface area contributed by atoms with Gasteiger partial charge in [0.2, 0.25) is 0 Å². The number of nitrogens with zero attached hydrogens (tertiary/aromatic N) is 2. The Hall–Kier alpha value is -1.57. The lowest BCUT2D eigenvalue weighted by Gasteiger charge is -2.23. The Bertz CT molecular complexity index is 506. The molecule has 0 saturated carbocycles. The number of hydrogen-bond acceptors (Lipinski definition) is 1. The van der Waals surface area contributed by atoms with Crippen LogP contribution in [0.25, 0.3) is 0 Å². The van der Waals surface area contributed by atoms with E-state index in [0.717, 1.165) is 18.8 Å². The summed E-state index contributed by atoms with van der Waals surface area (Å²) >= 11 is 0. The Morgan fingerprint density at radius 2 is 1.83 bits per heavy atom. The van der Waals surface area contributed by atoms with E-state index in [1.54, 1.807) is 0 Å². The monoisotopic (exact) mass is 242 g/mol. The first-order chi connectivity index (χ1) is 8.53. The second-order valence-corrected chi connectivity index (χ2v) is 5.54. The van der Waals surface area contributed by atoms with Gasteiger partial charge in [-0.2, -0.15) is 0 Å². The van der Waals surface area contributed by atoms with E-state index in [1.807, 2.05) is 19.3 Å². The minimum absolute atomic E-state index is 0.267. The Balaban J connectivity index is 2.16. The average molecular weight is 242 g/mol. The molecular weight excluding hydrogens is 220 g/mol. The molecule has 2 aromatic rings. The Morgan fingerprint density at radius 1 is 1.17 bits per heavy atom. The summed E-state index contributed by atoms with van der Waals surface area (Å²) in [4.78, 5) is 4.25. The van der Waals surface area contributed by atoms with Crippen LogP contribution in [-0.2, 0) is 12.0 Å². The van der Waals surface area contributed by atoms with Crippen molar-refractivity contribution in [3.05, 3.63) is 53.6 Å². The summed E-state index contributed by atoms with van der Waals surface area (Å²) < 4.78 is 2.17. The fourth-order valence-corrected chi connectivity index (χ4v) is 2.03. The summed E-state index contributed by atoms with van der Waals surface area (Å²) in [5.74, 6) is 1.06. The highest BCUT2D eigenvalue weighted by Crippen LogP contribution is 2.26. The third-order valence-electron chi connectivity index (χ3n) is 3.90. The highest BCUT2D eigenvalue weighted by molar-refractivity contribution is 5.28. The Labute approximate surface area is 110 Å². The molecule has 0 aliphatic rings. The van der Waals surface area contributed by atoms with Gasteiger partial charge >= 0.3 is 0 Å². The molecule has 1 aromatic carbocycles. The van der Waals surface area contributed by atoms with Crippen LogP contribution in [0.4, 0.5) is 0 Å². The van der Waals surface area contributed by atoms with Gasteiger partial charge in [0.05, 0.1) is 0 Å². The molecule has 96 valence electrons. The van der Waals surface area contributed by atoms with Gasteiger partial charge in [-0.15, -0.1) is 0 Å². The summed E-state index contributed by atoms with van der Waals surface area (Å²) in [6.07, 6.45) is 5.04. The molecule has 0 aliphatic heterocycles. The molecule has 1 aromatic heterocycles. The number of benzene rings is 1. The molecule has 2 rings (SSSR count). The molecule has 0 saturated heterocycles. The summed E-state index contributed by atoms with van der Waals surface area (Å²) in [6.45, 7) is 9.76. The predicted octanol–water partition coefficient (Wildman–Crippen LogP) is 3.93. The van der Waals surface area contributed by atoms with E-state index in [-0.39, 0.29) is 5.41 Å². The van der Waals surface area contributed by atoms with Crippen LogP contribution in [0, 0.1) is 6.92 Å². The molecule has 0 N–H and O–H groups in total. The third-order valence-corrected chi connectivity index (χ3v) is 3.90. The molecule has 2 heteroatoms. The maximum atomic E-state index is 4.25. The molecule has 0 amide bonds. The first kappa shape index (κ1) is 12.9. The Morgan fingerprint density at radius 3 is 2.33 bits per heavy atom. The van der Waals surface area contributed by atoms with E-state index in [9.17, 15) is 0 Å². The van der Waals surface area contributed by atoms with Gasteiger partial charge in [0.1, 0.15) is 5.82 Å². The SMILES string of the molecule is CCC(C)(C)c1ccc(Cn2ccnc2C)cc1. The van der Waals surface area contributed by atoms with Crippen LogP contribution in [0.2, 0.25) is 0 Å². The van der Waals surface area contributed by atoms with Crippen molar-refractivity contribution in [2.24, 2.45) is 0 Å². The predicted molar refractivity (Wildman–Crippen MR) is 75.8 cm³/mol. The summed E-state index contributed by atoms with van der Waals surface area (Å²) in [6, 6.07) is 8.97. The van der Waals surface area contributed by atoms with E-state index in [2.05, 4.69) is 54.6 Å². The second-order valence-electron chi connectivity index (χ2n) is 5.54.